The van der Waals surface area contributed by atoms with Crippen LogP contribution < -0.4 is 10.6 Å². The number of oxime groups is 1. The second-order valence-corrected chi connectivity index (χ2v) is 19.6. The van der Waals surface area contributed by atoms with Crippen LogP contribution in [0.2, 0.25) is 0 Å². The van der Waals surface area contributed by atoms with Gasteiger partial charge in [0.25, 0.3) is 11.8 Å². The van der Waals surface area contributed by atoms with E-state index in [1.807, 2.05) is 182 Å². The number of fused-ring (bicyclic) bond motifs is 1. The number of carboxylic acids is 2. The second kappa shape index (κ2) is 21.1. The van der Waals surface area contributed by atoms with Gasteiger partial charge in [0, 0.05) is 33.6 Å². The number of benzene rings is 6. The van der Waals surface area contributed by atoms with Gasteiger partial charge in [-0.05, 0) is 32.7 Å². The number of hydrogen-bond donors (Lipinski definition) is 4. The minimum atomic E-state index is -1.40. The summed E-state index contributed by atoms with van der Waals surface area (Å²) < 4.78 is 1.09. The Bertz CT molecular complexity index is 3140. The monoisotopic (exact) mass is 1030 g/mol. The first kappa shape index (κ1) is 48.2. The molecule has 364 valence electrons. The van der Waals surface area contributed by atoms with Crippen LogP contribution in [0, 0.1) is 0 Å². The van der Waals surface area contributed by atoms with Crippen molar-refractivity contribution in [2.75, 3.05) is 16.8 Å². The number of hydrogen-bond acceptors (Lipinski definition) is 14. The lowest BCUT2D eigenvalue weighted by molar-refractivity contribution is -0.150. The number of carbonyl (C=O) groups excluding carboxylic acids is 2. The Morgan fingerprint density at radius 3 is 1.70 bits per heavy atom. The van der Waals surface area contributed by atoms with Crippen LogP contribution in [0.3, 0.4) is 0 Å². The predicted molar refractivity (Wildman–Crippen MR) is 278 cm³/mol. The number of aliphatic carboxylic acids is 2. The molecular formula is C54H43N9O7S3. The van der Waals surface area contributed by atoms with Gasteiger partial charge in [-0.3, -0.25) is 19.3 Å². The first-order valence-electron chi connectivity index (χ1n) is 22.8. The van der Waals surface area contributed by atoms with Gasteiger partial charge in [0.2, 0.25) is 10.8 Å². The van der Waals surface area contributed by atoms with Crippen molar-refractivity contribution in [1.82, 2.24) is 35.4 Å². The highest BCUT2D eigenvalue weighted by Gasteiger charge is 2.54. The molecule has 0 bridgehead atoms. The molecular weight excluding hydrogens is 983 g/mol. The van der Waals surface area contributed by atoms with E-state index in [0.29, 0.717) is 10.7 Å². The van der Waals surface area contributed by atoms with Gasteiger partial charge in [0.15, 0.2) is 10.8 Å². The molecule has 73 heavy (non-hydrogen) atoms. The summed E-state index contributed by atoms with van der Waals surface area (Å²) in [7, 11) is 0. The standard InChI is InChI=1S/C54H43N9O7S3/c64-43(65)31-62-52(58-60-61-62)73-33-35-32-71-49-45(48(67)63(49)46(35)50(68)69)56-47(66)44(59-70-54(39-25-13-4-14-26-39,40-27-15-5-16-28-40)41-29-17-6-18-30-41)42-34-72-51(55-42)57-53(36-19-7-1-8-20-36,37-21-9-2-10-22-37)38-23-11-3-12-24-38/h1-30,34,45,49H,31-33H2,(H,55,57)(H,56,66)(H,64,65)(H,68,69)/t45?,49-/m1/s1. The third-order valence-corrected chi connectivity index (χ3v) is 15.5. The van der Waals surface area contributed by atoms with Crippen molar-refractivity contribution in [1.29, 1.82) is 0 Å². The van der Waals surface area contributed by atoms with E-state index in [1.165, 1.54) is 23.1 Å². The number of nitrogens with zero attached hydrogens (tertiary/aromatic N) is 7. The van der Waals surface area contributed by atoms with Crippen LogP contribution in [-0.2, 0) is 41.7 Å². The summed E-state index contributed by atoms with van der Waals surface area (Å²) in [6.07, 6.45) is 0. The fourth-order valence-corrected chi connectivity index (χ4v) is 12.2. The zero-order chi connectivity index (χ0) is 50.4. The van der Waals surface area contributed by atoms with Crippen LogP contribution in [0.5, 0.6) is 0 Å². The number of carboxylic acid groups (broad SMARTS) is 2. The van der Waals surface area contributed by atoms with Gasteiger partial charge in [0.1, 0.15) is 34.9 Å². The molecule has 2 aliphatic rings. The number of thioether (sulfide) groups is 2. The SMILES string of the molecule is O=C(O)Cn1nnnc1SCC1=C(C(=O)O)N2C(=O)C(NC(=O)C(=NOC(c3ccccc3)(c3ccccc3)c3ccccc3)c3csc(NC(c4ccccc4)(c4ccccc4)c4ccccc4)n3)[C@H]2SC1. The Morgan fingerprint density at radius 1 is 0.726 bits per heavy atom. The summed E-state index contributed by atoms with van der Waals surface area (Å²) in [5, 5.41) is 43.9. The van der Waals surface area contributed by atoms with Gasteiger partial charge in [-0.2, -0.15) is 0 Å². The largest absolute Gasteiger partial charge is 0.480 e. The van der Waals surface area contributed by atoms with Crippen molar-refractivity contribution < 1.29 is 34.2 Å². The Kier molecular flexibility index (Phi) is 14.0. The molecule has 1 saturated heterocycles. The average Bonchev–Trinajstić information content (AvgIpc) is 4.10. The van der Waals surface area contributed by atoms with Crippen LogP contribution in [0.1, 0.15) is 39.1 Å². The summed E-state index contributed by atoms with van der Waals surface area (Å²) >= 11 is 3.59. The lowest BCUT2D eigenvalue weighted by Gasteiger charge is -2.49. The number of amides is 2. The van der Waals surface area contributed by atoms with Crippen molar-refractivity contribution in [3.05, 3.63) is 238 Å². The molecule has 2 amide bonds. The van der Waals surface area contributed by atoms with Crippen molar-refractivity contribution in [3.8, 4) is 0 Å². The number of rotatable bonds is 19. The minimum absolute atomic E-state index is 0.0581. The number of aromatic nitrogens is 5. The molecule has 6 aromatic carbocycles. The zero-order valence-corrected chi connectivity index (χ0v) is 40.9. The smallest absolute Gasteiger partial charge is 0.352 e. The van der Waals surface area contributed by atoms with Crippen LogP contribution >= 0.6 is 34.9 Å². The summed E-state index contributed by atoms with van der Waals surface area (Å²) in [6, 6.07) is 57.6. The molecule has 4 heterocycles. The topological polar surface area (TPSA) is 214 Å². The number of nitrogens with one attached hydrogen (secondary N) is 2. The van der Waals surface area contributed by atoms with E-state index in [0.717, 1.165) is 54.7 Å². The molecule has 2 atom stereocenters. The first-order chi connectivity index (χ1) is 35.7. The normalized spacial score (nSPS) is 15.8. The molecule has 4 N–H and O–H groups in total. The molecule has 16 nitrogen and oxygen atoms in total. The summed E-state index contributed by atoms with van der Waals surface area (Å²) in [4.78, 5) is 66.7. The van der Waals surface area contributed by atoms with E-state index >= 15 is 4.79 Å². The highest BCUT2D eigenvalue weighted by Crippen LogP contribution is 2.44. The van der Waals surface area contributed by atoms with Gasteiger partial charge >= 0.3 is 11.9 Å². The van der Waals surface area contributed by atoms with E-state index in [2.05, 4.69) is 26.2 Å². The molecule has 19 heteroatoms. The summed E-state index contributed by atoms with van der Waals surface area (Å²) in [6.45, 7) is -0.486. The van der Waals surface area contributed by atoms with Gasteiger partial charge in [0.05, 0.1) is 0 Å². The quantitative estimate of drug-likeness (QED) is 0.0200. The summed E-state index contributed by atoms with van der Waals surface area (Å²) in [5.41, 5.74) is 2.69. The van der Waals surface area contributed by atoms with Crippen LogP contribution in [0.15, 0.2) is 209 Å². The lowest BCUT2D eigenvalue weighted by atomic mass is 9.77. The van der Waals surface area contributed by atoms with Gasteiger partial charge in [-0.15, -0.1) is 28.2 Å². The molecule has 2 aliphatic heterocycles. The second-order valence-electron chi connectivity index (χ2n) is 16.7. The first-order valence-corrected chi connectivity index (χ1v) is 25.7. The van der Waals surface area contributed by atoms with Gasteiger partial charge < -0.3 is 25.7 Å². The molecule has 1 fully saturated rings. The maximum Gasteiger partial charge on any atom is 0.352 e. The van der Waals surface area contributed by atoms with Crippen molar-refractivity contribution in [2.45, 2.75) is 34.3 Å². The van der Waals surface area contributed by atoms with E-state index in [-0.39, 0.29) is 33.8 Å². The maximum atomic E-state index is 15.1. The Hall–Kier alpha value is -8.39. The average molecular weight is 1030 g/mol. The Balaban J connectivity index is 1.04. The van der Waals surface area contributed by atoms with E-state index in [4.69, 9.17) is 15.0 Å². The molecule has 0 spiro atoms. The number of thiazole rings is 1. The fourth-order valence-electron chi connectivity index (χ4n) is 9.06. The maximum absolute atomic E-state index is 15.1. The van der Waals surface area contributed by atoms with Crippen molar-refractivity contribution >= 4 is 69.5 Å². The molecule has 1 unspecified atom stereocenters. The van der Waals surface area contributed by atoms with E-state index in [9.17, 15) is 24.6 Å². The molecule has 0 saturated carbocycles. The molecule has 8 aromatic rings. The number of anilines is 1. The lowest BCUT2D eigenvalue weighted by Crippen LogP contribution is -2.71. The zero-order valence-electron chi connectivity index (χ0n) is 38.5. The Labute approximate surface area is 430 Å². The van der Waals surface area contributed by atoms with E-state index in [1.54, 1.807) is 5.38 Å². The van der Waals surface area contributed by atoms with Crippen LogP contribution in [-0.4, -0.2) is 92.7 Å². The molecule has 0 radical (unpaired) electrons. The summed E-state index contributed by atoms with van der Waals surface area (Å²) in [5.74, 6) is -3.68. The predicted octanol–water partition coefficient (Wildman–Crippen LogP) is 7.86. The van der Waals surface area contributed by atoms with Crippen molar-refractivity contribution in [3.63, 3.8) is 0 Å². The fraction of sp³-hybridized carbons (Fsp3) is 0.130. The van der Waals surface area contributed by atoms with E-state index < -0.39 is 52.9 Å². The number of carbonyl (C=O) groups is 4. The molecule has 2 aromatic heterocycles. The highest BCUT2D eigenvalue weighted by molar-refractivity contribution is 8.01. The molecule has 0 aliphatic carbocycles. The van der Waals surface area contributed by atoms with Crippen LogP contribution in [0.25, 0.3) is 0 Å². The highest BCUT2D eigenvalue weighted by atomic mass is 32.2. The minimum Gasteiger partial charge on any atom is -0.480 e. The van der Waals surface area contributed by atoms with Gasteiger partial charge in [-0.25, -0.2) is 14.5 Å². The van der Waals surface area contributed by atoms with Crippen LogP contribution in [0.4, 0.5) is 5.13 Å². The van der Waals surface area contributed by atoms with Gasteiger partial charge in [-0.1, -0.05) is 199 Å². The number of β-lactam (4-membered cyclic amide) rings is 1. The third-order valence-electron chi connectivity index (χ3n) is 12.4. The van der Waals surface area contributed by atoms with Crippen molar-refractivity contribution in [2.24, 2.45) is 5.16 Å². The number of tetrazole rings is 1. The molecule has 10 rings (SSSR count). The third kappa shape index (κ3) is 9.48. The Morgan fingerprint density at radius 2 is 1.22 bits per heavy atom.